The molecule has 4 aromatic rings. The van der Waals surface area contributed by atoms with Crippen LogP contribution < -0.4 is 10.2 Å². The first kappa shape index (κ1) is 19.5. The molecular weight excluding hydrogens is 374 g/mol. The second-order valence-electron chi connectivity index (χ2n) is 7.28. The SMILES string of the molecule is CC(C)N(Cc1ccccc1)c1nccc(C(=O)Nc2cccc3cccnc23)n1. The Kier molecular flexibility index (Phi) is 5.66. The number of pyridine rings is 1. The summed E-state index contributed by atoms with van der Waals surface area (Å²) >= 11 is 0. The Morgan fingerprint density at radius 2 is 1.73 bits per heavy atom. The van der Waals surface area contributed by atoms with Crippen LogP contribution >= 0.6 is 0 Å². The van der Waals surface area contributed by atoms with E-state index < -0.39 is 0 Å². The molecule has 1 N–H and O–H groups in total. The Morgan fingerprint density at radius 1 is 0.933 bits per heavy atom. The molecule has 6 nitrogen and oxygen atoms in total. The van der Waals surface area contributed by atoms with Gasteiger partial charge in [0.1, 0.15) is 5.69 Å². The first-order valence-electron chi connectivity index (χ1n) is 9.90. The van der Waals surface area contributed by atoms with Gasteiger partial charge in [0.25, 0.3) is 5.91 Å². The lowest BCUT2D eigenvalue weighted by atomic mass is 10.2. The number of benzene rings is 2. The zero-order valence-electron chi connectivity index (χ0n) is 17.0. The number of aromatic nitrogens is 3. The van der Waals surface area contributed by atoms with Crippen molar-refractivity contribution in [1.82, 2.24) is 15.0 Å². The van der Waals surface area contributed by atoms with Crippen molar-refractivity contribution in [2.45, 2.75) is 26.4 Å². The van der Waals surface area contributed by atoms with Crippen LogP contribution in [0, 0.1) is 0 Å². The maximum absolute atomic E-state index is 12.9. The Bertz CT molecular complexity index is 1160. The maximum atomic E-state index is 12.9. The third-order valence-electron chi connectivity index (χ3n) is 4.83. The quantitative estimate of drug-likeness (QED) is 0.511. The van der Waals surface area contributed by atoms with Gasteiger partial charge in [-0.15, -0.1) is 0 Å². The van der Waals surface area contributed by atoms with Crippen LogP contribution in [0.25, 0.3) is 10.9 Å². The number of para-hydroxylation sites is 1. The highest BCUT2D eigenvalue weighted by Gasteiger charge is 2.17. The number of hydrogen-bond donors (Lipinski definition) is 1. The van der Waals surface area contributed by atoms with Crippen molar-refractivity contribution in [2.24, 2.45) is 0 Å². The standard InChI is InChI=1S/C24H23N5O/c1-17(2)29(16-18-8-4-3-5-9-18)24-26-15-13-21(28-24)23(30)27-20-12-6-10-19-11-7-14-25-22(19)20/h3-15,17H,16H2,1-2H3,(H,27,30). The number of fused-ring (bicyclic) bond motifs is 1. The minimum Gasteiger partial charge on any atom is -0.334 e. The number of nitrogens with zero attached hydrogens (tertiary/aromatic N) is 4. The second kappa shape index (κ2) is 8.69. The van der Waals surface area contributed by atoms with Gasteiger partial charge in [-0.05, 0) is 37.6 Å². The molecule has 0 fully saturated rings. The number of carbonyl (C=O) groups is 1. The first-order chi connectivity index (χ1) is 14.6. The molecule has 0 unspecified atom stereocenters. The van der Waals surface area contributed by atoms with Crippen molar-refractivity contribution >= 4 is 28.4 Å². The highest BCUT2D eigenvalue weighted by atomic mass is 16.1. The van der Waals surface area contributed by atoms with Crippen LogP contribution in [0.2, 0.25) is 0 Å². The molecular formula is C24H23N5O. The van der Waals surface area contributed by atoms with Crippen molar-refractivity contribution in [3.05, 3.63) is 90.4 Å². The fourth-order valence-corrected chi connectivity index (χ4v) is 3.27. The van der Waals surface area contributed by atoms with E-state index in [1.54, 1.807) is 18.5 Å². The summed E-state index contributed by atoms with van der Waals surface area (Å²) in [4.78, 5) is 28.3. The third kappa shape index (κ3) is 4.27. The summed E-state index contributed by atoms with van der Waals surface area (Å²) in [5.74, 6) is 0.234. The molecule has 0 bridgehead atoms. The fourth-order valence-electron chi connectivity index (χ4n) is 3.27. The van der Waals surface area contributed by atoms with E-state index in [2.05, 4.69) is 51.1 Å². The summed E-state index contributed by atoms with van der Waals surface area (Å²) in [6, 6.07) is 21.5. The summed E-state index contributed by atoms with van der Waals surface area (Å²) in [5, 5.41) is 3.90. The molecule has 2 aromatic heterocycles. The van der Waals surface area contributed by atoms with Crippen molar-refractivity contribution in [3.63, 3.8) is 0 Å². The number of anilines is 2. The number of rotatable bonds is 6. The molecule has 0 saturated carbocycles. The molecule has 0 saturated heterocycles. The van der Waals surface area contributed by atoms with Crippen LogP contribution in [-0.2, 0) is 6.54 Å². The van der Waals surface area contributed by atoms with Crippen molar-refractivity contribution in [3.8, 4) is 0 Å². The zero-order chi connectivity index (χ0) is 20.9. The fraction of sp³-hybridized carbons (Fsp3) is 0.167. The molecule has 1 amide bonds. The molecule has 2 aromatic carbocycles. The molecule has 0 atom stereocenters. The van der Waals surface area contributed by atoms with Crippen molar-refractivity contribution in [1.29, 1.82) is 0 Å². The number of hydrogen-bond acceptors (Lipinski definition) is 5. The van der Waals surface area contributed by atoms with E-state index in [0.29, 0.717) is 23.9 Å². The summed E-state index contributed by atoms with van der Waals surface area (Å²) in [6.45, 7) is 4.83. The number of nitrogens with one attached hydrogen (secondary N) is 1. The summed E-state index contributed by atoms with van der Waals surface area (Å²) in [6.07, 6.45) is 3.34. The summed E-state index contributed by atoms with van der Waals surface area (Å²) in [7, 11) is 0. The van der Waals surface area contributed by atoms with Gasteiger partial charge in [-0.3, -0.25) is 9.78 Å². The first-order valence-corrected chi connectivity index (χ1v) is 9.90. The van der Waals surface area contributed by atoms with E-state index in [1.165, 1.54) is 0 Å². The minimum atomic E-state index is -0.291. The van der Waals surface area contributed by atoms with Crippen LogP contribution in [-0.4, -0.2) is 26.9 Å². The molecule has 0 aliphatic heterocycles. The van der Waals surface area contributed by atoms with E-state index in [9.17, 15) is 4.79 Å². The predicted molar refractivity (Wildman–Crippen MR) is 119 cm³/mol. The van der Waals surface area contributed by atoms with Crippen LogP contribution in [0.15, 0.2) is 79.1 Å². The Morgan fingerprint density at radius 3 is 2.53 bits per heavy atom. The smallest absolute Gasteiger partial charge is 0.274 e. The lowest BCUT2D eigenvalue weighted by Crippen LogP contribution is -2.32. The minimum absolute atomic E-state index is 0.172. The van der Waals surface area contributed by atoms with E-state index >= 15 is 0 Å². The Hall–Kier alpha value is -3.80. The van der Waals surface area contributed by atoms with E-state index in [4.69, 9.17) is 0 Å². The Balaban J connectivity index is 1.59. The molecule has 0 aliphatic rings. The number of carbonyl (C=O) groups excluding carboxylic acids is 1. The predicted octanol–water partition coefficient (Wildman–Crippen LogP) is 4.69. The molecule has 0 spiro atoms. The average molecular weight is 397 g/mol. The van der Waals surface area contributed by atoms with Gasteiger partial charge in [0.15, 0.2) is 0 Å². The van der Waals surface area contributed by atoms with E-state index in [-0.39, 0.29) is 11.9 Å². The molecule has 0 aliphatic carbocycles. The van der Waals surface area contributed by atoms with Gasteiger partial charge in [-0.2, -0.15) is 0 Å². The van der Waals surface area contributed by atoms with Crippen molar-refractivity contribution < 1.29 is 4.79 Å². The van der Waals surface area contributed by atoms with Gasteiger partial charge >= 0.3 is 0 Å². The zero-order valence-corrected chi connectivity index (χ0v) is 17.0. The molecule has 2 heterocycles. The topological polar surface area (TPSA) is 71.0 Å². The maximum Gasteiger partial charge on any atom is 0.274 e. The third-order valence-corrected chi connectivity index (χ3v) is 4.83. The molecule has 6 heteroatoms. The van der Waals surface area contributed by atoms with Gasteiger partial charge in [0.2, 0.25) is 5.95 Å². The van der Waals surface area contributed by atoms with Gasteiger partial charge in [-0.1, -0.05) is 48.5 Å². The molecule has 150 valence electrons. The normalized spacial score (nSPS) is 10.9. The largest absolute Gasteiger partial charge is 0.334 e. The highest BCUT2D eigenvalue weighted by molar-refractivity contribution is 6.07. The van der Waals surface area contributed by atoms with Gasteiger partial charge < -0.3 is 10.2 Å². The van der Waals surface area contributed by atoms with Crippen LogP contribution in [0.5, 0.6) is 0 Å². The molecule has 30 heavy (non-hydrogen) atoms. The van der Waals surface area contributed by atoms with Gasteiger partial charge in [0.05, 0.1) is 11.2 Å². The summed E-state index contributed by atoms with van der Waals surface area (Å²) in [5.41, 5.74) is 2.87. The van der Waals surface area contributed by atoms with Gasteiger partial charge in [-0.25, -0.2) is 9.97 Å². The van der Waals surface area contributed by atoms with E-state index in [1.807, 2.05) is 48.5 Å². The lowest BCUT2D eigenvalue weighted by Gasteiger charge is -2.27. The Labute approximate surface area is 175 Å². The van der Waals surface area contributed by atoms with Gasteiger partial charge in [0, 0.05) is 30.4 Å². The molecule has 4 rings (SSSR count). The lowest BCUT2D eigenvalue weighted by molar-refractivity contribution is 0.102. The van der Waals surface area contributed by atoms with E-state index in [0.717, 1.165) is 16.5 Å². The monoisotopic (exact) mass is 397 g/mol. The van der Waals surface area contributed by atoms with Crippen LogP contribution in [0.3, 0.4) is 0 Å². The molecule has 0 radical (unpaired) electrons. The second-order valence-corrected chi connectivity index (χ2v) is 7.28. The van der Waals surface area contributed by atoms with Crippen LogP contribution in [0.1, 0.15) is 29.9 Å². The summed E-state index contributed by atoms with van der Waals surface area (Å²) < 4.78 is 0. The number of amides is 1. The highest BCUT2D eigenvalue weighted by Crippen LogP contribution is 2.22. The average Bonchev–Trinajstić information content (AvgIpc) is 2.78. The van der Waals surface area contributed by atoms with Crippen LogP contribution in [0.4, 0.5) is 11.6 Å². The van der Waals surface area contributed by atoms with Crippen molar-refractivity contribution in [2.75, 3.05) is 10.2 Å².